The summed E-state index contributed by atoms with van der Waals surface area (Å²) >= 11 is 0. The highest BCUT2D eigenvalue weighted by Crippen LogP contribution is 2.43. The Kier molecular flexibility index (Phi) is 3.86. The van der Waals surface area contributed by atoms with E-state index in [0.29, 0.717) is 13.0 Å². The largest absolute Gasteiger partial charge is 0.354 e. The van der Waals surface area contributed by atoms with Crippen molar-refractivity contribution in [1.82, 2.24) is 29.8 Å². The lowest BCUT2D eigenvalue weighted by atomic mass is 9.94. The lowest BCUT2D eigenvalue weighted by Gasteiger charge is -2.26. The summed E-state index contributed by atoms with van der Waals surface area (Å²) in [5.74, 6) is 0.128. The van der Waals surface area contributed by atoms with Crippen LogP contribution in [0.4, 0.5) is 0 Å². The maximum atomic E-state index is 12.8. The van der Waals surface area contributed by atoms with E-state index in [1.165, 1.54) is 0 Å². The number of aryl methyl sites for hydroxylation is 1. The average Bonchev–Trinajstić information content (AvgIpc) is 2.96. The van der Waals surface area contributed by atoms with Crippen molar-refractivity contribution < 1.29 is 9.59 Å². The van der Waals surface area contributed by atoms with Crippen LogP contribution in [0.25, 0.3) is 0 Å². The zero-order valence-electron chi connectivity index (χ0n) is 15.3. The topological polar surface area (TPSA) is 85.1 Å². The van der Waals surface area contributed by atoms with Gasteiger partial charge in [-0.2, -0.15) is 10.2 Å². The third kappa shape index (κ3) is 2.51. The molecule has 138 valence electrons. The molecule has 8 nitrogen and oxygen atoms in total. The van der Waals surface area contributed by atoms with Crippen molar-refractivity contribution in [1.29, 1.82) is 0 Å². The molecule has 26 heavy (non-hydrogen) atoms. The van der Waals surface area contributed by atoms with Gasteiger partial charge in [0.15, 0.2) is 0 Å². The third-order valence-corrected chi connectivity index (χ3v) is 5.90. The summed E-state index contributed by atoms with van der Waals surface area (Å²) in [6, 6.07) is 1.77. The molecule has 1 N–H and O–H groups in total. The van der Waals surface area contributed by atoms with E-state index < -0.39 is 5.54 Å². The zero-order valence-corrected chi connectivity index (χ0v) is 15.3. The molecule has 0 unspecified atom stereocenters. The van der Waals surface area contributed by atoms with Crippen molar-refractivity contribution in [3.63, 3.8) is 0 Å². The van der Waals surface area contributed by atoms with Crippen molar-refractivity contribution in [3.8, 4) is 0 Å². The normalized spacial score (nSPS) is 24.1. The van der Waals surface area contributed by atoms with Gasteiger partial charge < -0.3 is 10.2 Å². The highest BCUT2D eigenvalue weighted by Gasteiger charge is 2.52. The molecular weight excluding hydrogens is 332 g/mol. The van der Waals surface area contributed by atoms with Crippen LogP contribution in [0.15, 0.2) is 24.7 Å². The number of nitrogens with zero attached hydrogens (tertiary/aromatic N) is 5. The lowest BCUT2D eigenvalue weighted by Crippen LogP contribution is -2.41. The highest BCUT2D eigenvalue weighted by molar-refractivity contribution is 5.87. The van der Waals surface area contributed by atoms with E-state index >= 15 is 0 Å². The smallest absolute Gasteiger partial charge is 0.248 e. The molecule has 3 heterocycles. The summed E-state index contributed by atoms with van der Waals surface area (Å²) < 4.78 is 3.57. The van der Waals surface area contributed by atoms with Gasteiger partial charge in [0.05, 0.1) is 12.2 Å². The first-order valence-electron chi connectivity index (χ1n) is 8.96. The summed E-state index contributed by atoms with van der Waals surface area (Å²) in [6.45, 7) is 2.47. The molecule has 0 spiro atoms. The van der Waals surface area contributed by atoms with Crippen LogP contribution in [-0.4, -0.2) is 49.9 Å². The van der Waals surface area contributed by atoms with Gasteiger partial charge in [-0.05, 0) is 25.8 Å². The van der Waals surface area contributed by atoms with Gasteiger partial charge in [-0.25, -0.2) is 0 Å². The Morgan fingerprint density at radius 2 is 2.12 bits per heavy atom. The maximum absolute atomic E-state index is 12.8. The van der Waals surface area contributed by atoms with Crippen LogP contribution >= 0.6 is 0 Å². The van der Waals surface area contributed by atoms with Gasteiger partial charge in [-0.1, -0.05) is 0 Å². The summed E-state index contributed by atoms with van der Waals surface area (Å²) in [5, 5.41) is 11.6. The van der Waals surface area contributed by atoms with Crippen molar-refractivity contribution >= 4 is 11.8 Å². The van der Waals surface area contributed by atoms with Crippen LogP contribution in [0.5, 0.6) is 0 Å². The van der Waals surface area contributed by atoms with E-state index in [9.17, 15) is 9.59 Å². The predicted octanol–water partition coefficient (Wildman–Crippen LogP) is 0.750. The minimum absolute atomic E-state index is 0.00939. The van der Waals surface area contributed by atoms with Gasteiger partial charge in [0, 0.05) is 56.6 Å². The molecule has 2 aromatic heterocycles. The first kappa shape index (κ1) is 16.8. The zero-order chi connectivity index (χ0) is 18.5. The van der Waals surface area contributed by atoms with E-state index in [0.717, 1.165) is 24.1 Å². The fourth-order valence-corrected chi connectivity index (χ4v) is 3.99. The average molecular weight is 356 g/mol. The molecule has 2 aliphatic rings. The number of likely N-dealkylation sites (tertiary alicyclic amines) is 1. The Bertz CT molecular complexity index is 836. The number of hydrogen-bond donors (Lipinski definition) is 1. The molecule has 8 heteroatoms. The first-order valence-corrected chi connectivity index (χ1v) is 8.96. The van der Waals surface area contributed by atoms with Gasteiger partial charge in [0.2, 0.25) is 11.8 Å². The quantitative estimate of drug-likeness (QED) is 0.857. The number of hydrogen-bond acceptors (Lipinski definition) is 4. The third-order valence-electron chi connectivity index (χ3n) is 5.90. The van der Waals surface area contributed by atoms with Crippen LogP contribution in [0, 0.1) is 12.8 Å². The van der Waals surface area contributed by atoms with Gasteiger partial charge in [0.25, 0.3) is 0 Å². The molecule has 0 aromatic carbocycles. The number of amides is 2. The Balaban J connectivity index is 1.49. The highest BCUT2D eigenvalue weighted by atomic mass is 16.2. The number of aromatic nitrogens is 4. The van der Waals surface area contributed by atoms with Crippen molar-refractivity contribution in [2.45, 2.75) is 37.8 Å². The number of carbonyl (C=O) groups excluding carboxylic acids is 2. The molecule has 0 radical (unpaired) electrons. The molecule has 1 aliphatic carbocycles. The monoisotopic (exact) mass is 356 g/mol. The molecule has 4 rings (SSSR count). The van der Waals surface area contributed by atoms with Gasteiger partial charge in [0.1, 0.15) is 5.54 Å². The van der Waals surface area contributed by atoms with Crippen LogP contribution in [0.3, 0.4) is 0 Å². The second kappa shape index (κ2) is 5.96. The van der Waals surface area contributed by atoms with E-state index in [-0.39, 0.29) is 23.8 Å². The Morgan fingerprint density at radius 1 is 1.35 bits per heavy atom. The lowest BCUT2D eigenvalue weighted by molar-refractivity contribution is -0.128. The summed E-state index contributed by atoms with van der Waals surface area (Å²) in [5.41, 5.74) is 1.55. The van der Waals surface area contributed by atoms with Crippen molar-refractivity contribution in [2.75, 3.05) is 13.6 Å². The fraction of sp³-hybridized carbons (Fsp3) is 0.556. The van der Waals surface area contributed by atoms with E-state index in [2.05, 4.69) is 15.5 Å². The molecule has 2 atom stereocenters. The van der Waals surface area contributed by atoms with Gasteiger partial charge in [-0.3, -0.25) is 19.0 Å². The molecular formula is C18H24N6O2. The first-order chi connectivity index (χ1) is 12.4. The molecule has 2 amide bonds. The molecule has 1 saturated heterocycles. The van der Waals surface area contributed by atoms with Crippen LogP contribution in [-0.2, 0) is 22.2 Å². The number of carbonyl (C=O) groups is 2. The van der Waals surface area contributed by atoms with Gasteiger partial charge in [-0.15, -0.1) is 0 Å². The molecule has 0 bridgehead atoms. The Labute approximate surface area is 152 Å². The maximum Gasteiger partial charge on any atom is 0.248 e. The molecule has 1 aliphatic heterocycles. The Morgan fingerprint density at radius 3 is 2.69 bits per heavy atom. The van der Waals surface area contributed by atoms with Gasteiger partial charge >= 0.3 is 0 Å². The van der Waals surface area contributed by atoms with Crippen LogP contribution in [0.2, 0.25) is 0 Å². The minimum atomic E-state index is -0.544. The Hall–Kier alpha value is -2.64. The second-order valence-corrected chi connectivity index (χ2v) is 7.41. The minimum Gasteiger partial charge on any atom is -0.354 e. The number of nitrogens with one attached hydrogen (secondary N) is 1. The molecule has 1 saturated carbocycles. The van der Waals surface area contributed by atoms with Crippen LogP contribution < -0.4 is 5.32 Å². The van der Waals surface area contributed by atoms with Crippen molar-refractivity contribution in [2.24, 2.45) is 13.0 Å². The summed E-state index contributed by atoms with van der Waals surface area (Å²) in [4.78, 5) is 26.9. The second-order valence-electron chi connectivity index (χ2n) is 7.41. The standard InChI is InChI=1S/C18H24N6O2/c1-12-14(11-21-23(12)3)16-13(9-15(25)22(16)2)10-19-17(26)18(5-6-18)24-8-4-7-20-24/h4,7-8,11,13,16H,5-6,9-10H2,1-3H3,(H,19,26)/t13-,16+/m1/s1. The molecule has 2 fully saturated rings. The van der Waals surface area contributed by atoms with Crippen LogP contribution in [0.1, 0.15) is 36.6 Å². The SMILES string of the molecule is Cc1c([C@@H]2[C@@H](CNC(=O)C3(n4cccn4)CC3)CC(=O)N2C)cnn1C. The summed E-state index contributed by atoms with van der Waals surface area (Å²) in [6.07, 6.45) is 7.39. The fourth-order valence-electron chi connectivity index (χ4n) is 3.99. The predicted molar refractivity (Wildman–Crippen MR) is 94.0 cm³/mol. The number of rotatable bonds is 5. The summed E-state index contributed by atoms with van der Waals surface area (Å²) in [7, 11) is 3.72. The van der Waals surface area contributed by atoms with E-state index in [1.54, 1.807) is 15.8 Å². The van der Waals surface area contributed by atoms with E-state index in [1.807, 2.05) is 44.2 Å². The molecule has 2 aromatic rings. The van der Waals surface area contributed by atoms with E-state index in [4.69, 9.17) is 0 Å². The van der Waals surface area contributed by atoms with Crippen molar-refractivity contribution in [3.05, 3.63) is 35.9 Å².